The summed E-state index contributed by atoms with van der Waals surface area (Å²) < 4.78 is 0. The second kappa shape index (κ2) is 14.7. The highest BCUT2D eigenvalue weighted by atomic mass is 15.5. The fourth-order valence-electron chi connectivity index (χ4n) is 3.39. The molecule has 4 heteroatoms. The van der Waals surface area contributed by atoms with Gasteiger partial charge in [0, 0.05) is 49.7 Å². The summed E-state index contributed by atoms with van der Waals surface area (Å²) >= 11 is 0. The number of allylic oxidation sites excluding steroid dienone is 2. The molecule has 2 aromatic rings. The van der Waals surface area contributed by atoms with Crippen LogP contribution in [0.2, 0.25) is 0 Å². The van der Waals surface area contributed by atoms with E-state index in [1.807, 2.05) is 43.4 Å². The summed E-state index contributed by atoms with van der Waals surface area (Å²) in [7, 11) is 3.87. The molecule has 0 unspecified atom stereocenters. The molecular weight excluding hydrogens is 404 g/mol. The van der Waals surface area contributed by atoms with Gasteiger partial charge in [-0.15, -0.1) is 6.58 Å². The molecule has 0 amide bonds. The SMILES string of the molecule is C=C/C=C(/CNc1ccc(C#Cc2ccc(CN(CCC)CCC=C)cc2)cc1)N(C)NC. The van der Waals surface area contributed by atoms with E-state index in [9.17, 15) is 0 Å². The number of hydrogen-bond acceptors (Lipinski definition) is 4. The number of likely N-dealkylation sites (N-methyl/N-ethyl adjacent to an activating group) is 1. The summed E-state index contributed by atoms with van der Waals surface area (Å²) in [6, 6.07) is 16.8. The molecule has 33 heavy (non-hydrogen) atoms. The van der Waals surface area contributed by atoms with Crippen molar-refractivity contribution in [1.29, 1.82) is 0 Å². The minimum absolute atomic E-state index is 0.698. The van der Waals surface area contributed by atoms with Crippen LogP contribution < -0.4 is 10.7 Å². The summed E-state index contributed by atoms with van der Waals surface area (Å²) in [5.41, 5.74) is 8.61. The molecule has 0 aliphatic heterocycles. The zero-order valence-electron chi connectivity index (χ0n) is 20.4. The highest BCUT2D eigenvalue weighted by molar-refractivity contribution is 5.50. The van der Waals surface area contributed by atoms with Crippen LogP contribution in [0.1, 0.15) is 36.5 Å². The van der Waals surface area contributed by atoms with Crippen LogP contribution in [0, 0.1) is 11.8 Å². The molecule has 174 valence electrons. The Balaban J connectivity index is 1.94. The van der Waals surface area contributed by atoms with Crippen molar-refractivity contribution in [3.63, 3.8) is 0 Å². The van der Waals surface area contributed by atoms with Crippen molar-refractivity contribution in [2.24, 2.45) is 0 Å². The van der Waals surface area contributed by atoms with Gasteiger partial charge in [0.1, 0.15) is 0 Å². The summed E-state index contributed by atoms with van der Waals surface area (Å²) in [5, 5.41) is 5.39. The van der Waals surface area contributed by atoms with Crippen LogP contribution in [0.5, 0.6) is 0 Å². The van der Waals surface area contributed by atoms with Crippen LogP contribution in [0.3, 0.4) is 0 Å². The molecule has 2 rings (SSSR count). The Morgan fingerprint density at radius 3 is 2.15 bits per heavy atom. The van der Waals surface area contributed by atoms with Crippen molar-refractivity contribution in [2.45, 2.75) is 26.3 Å². The Kier molecular flexibility index (Phi) is 11.6. The third-order valence-corrected chi connectivity index (χ3v) is 5.34. The molecule has 2 aromatic carbocycles. The lowest BCUT2D eigenvalue weighted by Crippen LogP contribution is -2.32. The molecular formula is C29H38N4. The molecule has 0 spiro atoms. The predicted octanol–water partition coefficient (Wildman–Crippen LogP) is 5.42. The number of anilines is 1. The monoisotopic (exact) mass is 442 g/mol. The highest BCUT2D eigenvalue weighted by Gasteiger charge is 2.04. The highest BCUT2D eigenvalue weighted by Crippen LogP contribution is 2.12. The van der Waals surface area contributed by atoms with Gasteiger partial charge in [0.15, 0.2) is 0 Å². The van der Waals surface area contributed by atoms with E-state index in [0.29, 0.717) is 6.54 Å². The fraction of sp³-hybridized carbons (Fsp3) is 0.310. The van der Waals surface area contributed by atoms with Gasteiger partial charge in [-0.05, 0) is 67.4 Å². The van der Waals surface area contributed by atoms with Gasteiger partial charge in [0.05, 0.1) is 6.54 Å². The Labute approximate surface area is 200 Å². The minimum atomic E-state index is 0.698. The minimum Gasteiger partial charge on any atom is -0.379 e. The zero-order chi connectivity index (χ0) is 23.9. The van der Waals surface area contributed by atoms with E-state index in [1.165, 1.54) is 5.56 Å². The van der Waals surface area contributed by atoms with Crippen molar-refractivity contribution in [3.05, 3.63) is 102 Å². The number of hydrogen-bond donors (Lipinski definition) is 2. The molecule has 0 aliphatic rings. The van der Waals surface area contributed by atoms with E-state index in [-0.39, 0.29) is 0 Å². The molecule has 0 atom stereocenters. The van der Waals surface area contributed by atoms with Crippen molar-refractivity contribution < 1.29 is 0 Å². The first-order valence-electron chi connectivity index (χ1n) is 11.6. The van der Waals surface area contributed by atoms with E-state index in [1.54, 1.807) is 6.08 Å². The van der Waals surface area contributed by atoms with Crippen LogP contribution in [0.25, 0.3) is 0 Å². The second-order valence-corrected chi connectivity index (χ2v) is 7.91. The molecule has 0 saturated heterocycles. The summed E-state index contributed by atoms with van der Waals surface area (Å²) in [4.78, 5) is 2.48. The van der Waals surface area contributed by atoms with Gasteiger partial charge in [0.25, 0.3) is 0 Å². The molecule has 0 heterocycles. The Morgan fingerprint density at radius 2 is 1.61 bits per heavy atom. The lowest BCUT2D eigenvalue weighted by Gasteiger charge is -2.21. The topological polar surface area (TPSA) is 30.5 Å². The standard InChI is InChI=1S/C29H38N4/c1-6-9-22-33(21-8-3)24-27-15-13-25(14-16-27)11-12-26-17-19-28(20-18-26)31-23-29(10-7-2)32(5)30-4/h6-7,10,13-20,30-31H,1-2,8-9,21-24H2,3-5H3/b29-10-. The normalized spacial score (nSPS) is 11.0. The largest absolute Gasteiger partial charge is 0.379 e. The van der Waals surface area contributed by atoms with Gasteiger partial charge >= 0.3 is 0 Å². The maximum absolute atomic E-state index is 3.84. The fourth-order valence-corrected chi connectivity index (χ4v) is 3.39. The lowest BCUT2D eigenvalue weighted by atomic mass is 10.1. The van der Waals surface area contributed by atoms with Crippen molar-refractivity contribution in [3.8, 4) is 11.8 Å². The van der Waals surface area contributed by atoms with E-state index >= 15 is 0 Å². The second-order valence-electron chi connectivity index (χ2n) is 7.91. The van der Waals surface area contributed by atoms with Crippen molar-refractivity contribution in [1.82, 2.24) is 15.3 Å². The number of nitrogens with zero attached hydrogens (tertiary/aromatic N) is 2. The molecule has 0 aliphatic carbocycles. The summed E-state index contributed by atoms with van der Waals surface area (Å²) in [5.74, 6) is 6.54. The predicted molar refractivity (Wildman–Crippen MR) is 143 cm³/mol. The van der Waals surface area contributed by atoms with Crippen LogP contribution in [0.4, 0.5) is 5.69 Å². The molecule has 0 fully saturated rings. The summed E-state index contributed by atoms with van der Waals surface area (Å²) in [6.45, 7) is 13.7. The van der Waals surface area contributed by atoms with Gasteiger partial charge in [-0.3, -0.25) is 4.90 Å². The van der Waals surface area contributed by atoms with Crippen LogP contribution >= 0.6 is 0 Å². The van der Waals surface area contributed by atoms with Gasteiger partial charge in [-0.2, -0.15) is 0 Å². The third-order valence-electron chi connectivity index (χ3n) is 5.34. The molecule has 2 N–H and O–H groups in total. The van der Waals surface area contributed by atoms with Gasteiger partial charge in [-0.25, -0.2) is 5.43 Å². The van der Waals surface area contributed by atoms with E-state index in [4.69, 9.17) is 0 Å². The van der Waals surface area contributed by atoms with E-state index in [0.717, 1.165) is 55.0 Å². The maximum atomic E-state index is 3.84. The van der Waals surface area contributed by atoms with Gasteiger partial charge in [-0.1, -0.05) is 49.6 Å². The third kappa shape index (κ3) is 9.41. The molecule has 4 nitrogen and oxygen atoms in total. The van der Waals surface area contributed by atoms with Crippen LogP contribution in [-0.2, 0) is 6.54 Å². The number of benzene rings is 2. The maximum Gasteiger partial charge on any atom is 0.0564 e. The number of rotatable bonds is 13. The molecule has 0 aromatic heterocycles. The first-order chi connectivity index (χ1) is 16.1. The Morgan fingerprint density at radius 1 is 0.970 bits per heavy atom. The average molecular weight is 443 g/mol. The number of hydrazine groups is 1. The Hall–Kier alpha value is -3.26. The molecule has 0 saturated carbocycles. The zero-order valence-corrected chi connectivity index (χ0v) is 20.4. The molecule has 0 radical (unpaired) electrons. The smallest absolute Gasteiger partial charge is 0.0564 e. The van der Waals surface area contributed by atoms with Crippen LogP contribution in [-0.4, -0.2) is 43.6 Å². The average Bonchev–Trinajstić information content (AvgIpc) is 2.85. The number of nitrogens with one attached hydrogen (secondary N) is 2. The lowest BCUT2D eigenvalue weighted by molar-refractivity contribution is 0.271. The first-order valence-corrected chi connectivity index (χ1v) is 11.6. The van der Waals surface area contributed by atoms with Crippen LogP contribution in [0.15, 0.2) is 85.6 Å². The molecule has 0 bridgehead atoms. The van der Waals surface area contributed by atoms with Gasteiger partial charge in [0.2, 0.25) is 0 Å². The van der Waals surface area contributed by atoms with E-state index < -0.39 is 0 Å². The van der Waals surface area contributed by atoms with Crippen molar-refractivity contribution >= 4 is 5.69 Å². The first kappa shape index (κ1) is 26.0. The van der Waals surface area contributed by atoms with Gasteiger partial charge < -0.3 is 10.3 Å². The Bertz CT molecular complexity index is 946. The van der Waals surface area contributed by atoms with Crippen molar-refractivity contribution in [2.75, 3.05) is 39.0 Å². The quantitative estimate of drug-likeness (QED) is 0.188. The van der Waals surface area contributed by atoms with E-state index in [2.05, 4.69) is 84.0 Å². The summed E-state index contributed by atoms with van der Waals surface area (Å²) in [6.07, 6.45) is 7.95.